The number of hydrogen-bond acceptors (Lipinski definition) is 7. The standard InChI is InChI=1S/C21H25N3O4S/c1-5-27-17-9-6-15(7-10-17)13-23(2)14-24-21(29)28-20(22-24)16-8-11-18(25-3)19(12-16)26-4/h6-12H,5,13-14H2,1-4H3. The Hall–Kier alpha value is -2.84. The van der Waals surface area contributed by atoms with Crippen LogP contribution in [0.2, 0.25) is 0 Å². The van der Waals surface area contributed by atoms with E-state index in [0.717, 1.165) is 17.9 Å². The highest BCUT2D eigenvalue weighted by molar-refractivity contribution is 7.71. The summed E-state index contributed by atoms with van der Waals surface area (Å²) >= 11 is 5.35. The van der Waals surface area contributed by atoms with Gasteiger partial charge < -0.3 is 18.6 Å². The number of rotatable bonds is 9. The third kappa shape index (κ3) is 5.16. The Kier molecular flexibility index (Phi) is 6.90. The van der Waals surface area contributed by atoms with Crippen LogP contribution < -0.4 is 14.2 Å². The molecule has 2 aromatic carbocycles. The fourth-order valence-electron chi connectivity index (χ4n) is 2.93. The zero-order chi connectivity index (χ0) is 20.8. The second kappa shape index (κ2) is 9.58. The summed E-state index contributed by atoms with van der Waals surface area (Å²) in [7, 11) is 5.19. The average molecular weight is 416 g/mol. The van der Waals surface area contributed by atoms with Crippen LogP contribution in [0.25, 0.3) is 11.5 Å². The maximum Gasteiger partial charge on any atom is 0.288 e. The van der Waals surface area contributed by atoms with Gasteiger partial charge in [0.25, 0.3) is 4.84 Å². The topological polar surface area (TPSA) is 61.9 Å². The lowest BCUT2D eigenvalue weighted by Crippen LogP contribution is -2.22. The molecule has 29 heavy (non-hydrogen) atoms. The highest BCUT2D eigenvalue weighted by atomic mass is 32.1. The van der Waals surface area contributed by atoms with Gasteiger partial charge in [-0.1, -0.05) is 12.1 Å². The maximum atomic E-state index is 5.69. The third-order valence-corrected chi connectivity index (χ3v) is 4.59. The molecule has 0 atom stereocenters. The van der Waals surface area contributed by atoms with Gasteiger partial charge in [0, 0.05) is 12.1 Å². The molecule has 3 rings (SSSR count). The molecule has 0 fully saturated rings. The number of benzene rings is 2. The molecule has 0 radical (unpaired) electrons. The number of hydrogen-bond donors (Lipinski definition) is 0. The molecule has 0 amide bonds. The lowest BCUT2D eigenvalue weighted by molar-refractivity contribution is 0.240. The van der Waals surface area contributed by atoms with Crippen molar-refractivity contribution in [3.05, 3.63) is 52.9 Å². The van der Waals surface area contributed by atoms with Gasteiger partial charge in [0.1, 0.15) is 5.75 Å². The van der Waals surface area contributed by atoms with Crippen LogP contribution in [-0.2, 0) is 13.2 Å². The minimum atomic E-state index is 0.313. The third-order valence-electron chi connectivity index (χ3n) is 4.30. The van der Waals surface area contributed by atoms with E-state index in [2.05, 4.69) is 22.1 Å². The Balaban J connectivity index is 1.71. The van der Waals surface area contributed by atoms with Gasteiger partial charge in [-0.2, -0.15) is 0 Å². The summed E-state index contributed by atoms with van der Waals surface area (Å²) in [4.78, 5) is 2.42. The number of aromatic nitrogens is 2. The van der Waals surface area contributed by atoms with Gasteiger partial charge in [-0.15, -0.1) is 5.10 Å². The van der Waals surface area contributed by atoms with Crippen molar-refractivity contribution >= 4 is 12.2 Å². The van der Waals surface area contributed by atoms with Crippen molar-refractivity contribution in [1.29, 1.82) is 0 Å². The van der Waals surface area contributed by atoms with Gasteiger partial charge in [-0.05, 0) is 62.1 Å². The van der Waals surface area contributed by atoms with Crippen molar-refractivity contribution in [2.45, 2.75) is 20.1 Å². The summed E-state index contributed by atoms with van der Waals surface area (Å²) < 4.78 is 23.5. The molecule has 3 aromatic rings. The minimum absolute atomic E-state index is 0.313. The average Bonchev–Trinajstić information content (AvgIpc) is 3.09. The van der Waals surface area contributed by atoms with Crippen molar-refractivity contribution in [2.24, 2.45) is 0 Å². The molecule has 0 saturated carbocycles. The monoisotopic (exact) mass is 415 g/mol. The van der Waals surface area contributed by atoms with Crippen LogP contribution in [0.5, 0.6) is 17.2 Å². The van der Waals surface area contributed by atoms with E-state index in [4.69, 9.17) is 30.8 Å². The Morgan fingerprint density at radius 1 is 1.07 bits per heavy atom. The normalized spacial score (nSPS) is 10.9. The largest absolute Gasteiger partial charge is 0.494 e. The van der Waals surface area contributed by atoms with Crippen molar-refractivity contribution in [3.8, 4) is 28.7 Å². The summed E-state index contributed by atoms with van der Waals surface area (Å²) in [5.74, 6) is 2.56. The number of methoxy groups -OCH3 is 2. The van der Waals surface area contributed by atoms with E-state index >= 15 is 0 Å². The molecule has 154 valence electrons. The van der Waals surface area contributed by atoms with E-state index in [0.29, 0.717) is 35.5 Å². The van der Waals surface area contributed by atoms with E-state index in [1.807, 2.05) is 44.3 Å². The predicted molar refractivity (Wildman–Crippen MR) is 113 cm³/mol. The lowest BCUT2D eigenvalue weighted by atomic mass is 10.2. The quantitative estimate of drug-likeness (QED) is 0.481. The van der Waals surface area contributed by atoms with Crippen LogP contribution >= 0.6 is 12.2 Å². The molecule has 8 heteroatoms. The maximum absolute atomic E-state index is 5.69. The second-order valence-electron chi connectivity index (χ2n) is 6.47. The molecule has 1 heterocycles. The van der Waals surface area contributed by atoms with Crippen molar-refractivity contribution < 1.29 is 18.6 Å². The fraction of sp³-hybridized carbons (Fsp3) is 0.333. The zero-order valence-corrected chi connectivity index (χ0v) is 17.9. The van der Waals surface area contributed by atoms with E-state index in [-0.39, 0.29) is 0 Å². The van der Waals surface area contributed by atoms with Gasteiger partial charge in [0.05, 0.1) is 27.5 Å². The zero-order valence-electron chi connectivity index (χ0n) is 17.0. The van der Waals surface area contributed by atoms with Crippen molar-refractivity contribution in [1.82, 2.24) is 14.7 Å². The van der Waals surface area contributed by atoms with Crippen LogP contribution in [0.4, 0.5) is 0 Å². The molecule has 0 aliphatic heterocycles. The van der Waals surface area contributed by atoms with Crippen LogP contribution in [0, 0.1) is 4.84 Å². The SMILES string of the molecule is CCOc1ccc(CN(C)Cn2nc(-c3ccc(OC)c(OC)c3)oc2=S)cc1. The molecule has 0 unspecified atom stereocenters. The molecule has 0 saturated heterocycles. The molecule has 0 spiro atoms. The van der Waals surface area contributed by atoms with Gasteiger partial charge in [0.2, 0.25) is 5.89 Å². The second-order valence-corrected chi connectivity index (χ2v) is 6.82. The highest BCUT2D eigenvalue weighted by Gasteiger charge is 2.13. The number of ether oxygens (including phenoxy) is 3. The Bertz CT molecular complexity index is 998. The first-order chi connectivity index (χ1) is 14.0. The molecule has 0 bridgehead atoms. The first-order valence-electron chi connectivity index (χ1n) is 9.24. The lowest BCUT2D eigenvalue weighted by Gasteiger charge is -2.16. The number of nitrogens with zero attached hydrogens (tertiary/aromatic N) is 3. The fourth-order valence-corrected chi connectivity index (χ4v) is 3.11. The van der Waals surface area contributed by atoms with Gasteiger partial charge in [-0.3, -0.25) is 4.90 Å². The minimum Gasteiger partial charge on any atom is -0.494 e. The van der Waals surface area contributed by atoms with E-state index in [9.17, 15) is 0 Å². The molecule has 7 nitrogen and oxygen atoms in total. The van der Waals surface area contributed by atoms with Crippen LogP contribution in [-0.4, -0.2) is 42.6 Å². The predicted octanol–water partition coefficient (Wildman–Crippen LogP) is 4.38. The first-order valence-corrected chi connectivity index (χ1v) is 9.65. The summed E-state index contributed by atoms with van der Waals surface area (Å²) in [5.41, 5.74) is 1.94. The Labute approximate surface area is 175 Å². The molecule has 1 aromatic heterocycles. The first kappa shape index (κ1) is 20.9. The van der Waals surface area contributed by atoms with Gasteiger partial charge >= 0.3 is 0 Å². The van der Waals surface area contributed by atoms with Gasteiger partial charge in [0.15, 0.2) is 11.5 Å². The highest BCUT2D eigenvalue weighted by Crippen LogP contribution is 2.31. The van der Waals surface area contributed by atoms with Crippen LogP contribution in [0.15, 0.2) is 46.9 Å². The summed E-state index contributed by atoms with van der Waals surface area (Å²) in [5, 5.41) is 4.52. The van der Waals surface area contributed by atoms with Gasteiger partial charge in [-0.25, -0.2) is 4.68 Å². The molecule has 0 aliphatic rings. The van der Waals surface area contributed by atoms with E-state index in [1.54, 1.807) is 18.9 Å². The van der Waals surface area contributed by atoms with Crippen LogP contribution in [0.3, 0.4) is 0 Å². The molecule has 0 N–H and O–H groups in total. The molecule has 0 aliphatic carbocycles. The van der Waals surface area contributed by atoms with E-state index < -0.39 is 0 Å². The van der Waals surface area contributed by atoms with Crippen LogP contribution in [0.1, 0.15) is 12.5 Å². The van der Waals surface area contributed by atoms with Crippen molar-refractivity contribution in [2.75, 3.05) is 27.9 Å². The van der Waals surface area contributed by atoms with E-state index in [1.165, 1.54) is 5.56 Å². The Morgan fingerprint density at radius 2 is 1.79 bits per heavy atom. The summed E-state index contributed by atoms with van der Waals surface area (Å²) in [6, 6.07) is 13.5. The Morgan fingerprint density at radius 3 is 2.45 bits per heavy atom. The summed E-state index contributed by atoms with van der Waals surface area (Å²) in [6.07, 6.45) is 0. The summed E-state index contributed by atoms with van der Waals surface area (Å²) in [6.45, 7) is 3.88. The van der Waals surface area contributed by atoms with Crippen molar-refractivity contribution in [3.63, 3.8) is 0 Å². The smallest absolute Gasteiger partial charge is 0.288 e. The molecular weight excluding hydrogens is 390 g/mol. The molecular formula is C21H25N3O4S.